The monoisotopic (exact) mass is 222 g/mol. The number of piperidine rings is 1. The standard InChI is InChI=1S/C12H18N2O2/c1-14-6-2-3-11(14)10-7-9(4-5-13-10)8-12(15)16/h2-3,6,9-10,13H,4-5,7-8H2,1H3,(H,15,16). The van der Waals surface area contributed by atoms with Gasteiger partial charge in [-0.2, -0.15) is 0 Å². The Morgan fingerprint density at radius 3 is 3.12 bits per heavy atom. The van der Waals surface area contributed by atoms with Gasteiger partial charge < -0.3 is 15.0 Å². The number of aryl methyl sites for hydroxylation is 1. The maximum atomic E-state index is 10.7. The van der Waals surface area contributed by atoms with Crippen molar-refractivity contribution in [2.45, 2.75) is 25.3 Å². The van der Waals surface area contributed by atoms with Crippen molar-refractivity contribution in [3.05, 3.63) is 24.0 Å². The third-order valence-electron chi connectivity index (χ3n) is 3.32. The summed E-state index contributed by atoms with van der Waals surface area (Å²) in [6.45, 7) is 0.911. The van der Waals surface area contributed by atoms with Crippen LogP contribution in [0.15, 0.2) is 18.3 Å². The number of carbonyl (C=O) groups is 1. The predicted octanol–water partition coefficient (Wildman–Crippen LogP) is 1.54. The lowest BCUT2D eigenvalue weighted by Crippen LogP contribution is -2.33. The van der Waals surface area contributed by atoms with Crippen LogP contribution in [0.4, 0.5) is 0 Å². The molecule has 0 aromatic carbocycles. The normalized spacial score (nSPS) is 25.6. The second-order valence-electron chi connectivity index (χ2n) is 4.54. The van der Waals surface area contributed by atoms with E-state index in [0.29, 0.717) is 18.4 Å². The van der Waals surface area contributed by atoms with E-state index in [1.165, 1.54) is 5.69 Å². The van der Waals surface area contributed by atoms with E-state index in [1.54, 1.807) is 0 Å². The Morgan fingerprint density at radius 2 is 2.50 bits per heavy atom. The van der Waals surface area contributed by atoms with Crippen LogP contribution in [0, 0.1) is 5.92 Å². The Hall–Kier alpha value is -1.29. The average Bonchev–Trinajstić information content (AvgIpc) is 2.64. The fraction of sp³-hybridized carbons (Fsp3) is 0.583. The molecule has 1 aliphatic rings. The van der Waals surface area contributed by atoms with Gasteiger partial charge in [-0.15, -0.1) is 0 Å². The van der Waals surface area contributed by atoms with Crippen molar-refractivity contribution in [1.82, 2.24) is 9.88 Å². The fourth-order valence-corrected chi connectivity index (χ4v) is 2.49. The zero-order valence-corrected chi connectivity index (χ0v) is 9.52. The summed E-state index contributed by atoms with van der Waals surface area (Å²) in [6.07, 6.45) is 4.21. The Bertz CT molecular complexity index is 373. The van der Waals surface area contributed by atoms with Crippen LogP contribution in [0.2, 0.25) is 0 Å². The highest BCUT2D eigenvalue weighted by molar-refractivity contribution is 5.67. The molecule has 16 heavy (non-hydrogen) atoms. The molecule has 4 nitrogen and oxygen atoms in total. The first-order valence-electron chi connectivity index (χ1n) is 5.73. The predicted molar refractivity (Wildman–Crippen MR) is 61.1 cm³/mol. The van der Waals surface area contributed by atoms with Gasteiger partial charge in [0, 0.05) is 31.4 Å². The van der Waals surface area contributed by atoms with E-state index in [0.717, 1.165) is 19.4 Å². The summed E-state index contributed by atoms with van der Waals surface area (Å²) in [5, 5.41) is 12.3. The third-order valence-corrected chi connectivity index (χ3v) is 3.32. The van der Waals surface area contributed by atoms with Crippen LogP contribution in [-0.2, 0) is 11.8 Å². The first-order valence-corrected chi connectivity index (χ1v) is 5.73. The molecule has 2 N–H and O–H groups in total. The zero-order chi connectivity index (χ0) is 11.5. The fourth-order valence-electron chi connectivity index (χ4n) is 2.49. The lowest BCUT2D eigenvalue weighted by atomic mass is 9.88. The molecule has 2 unspecified atom stereocenters. The number of nitrogens with zero attached hydrogens (tertiary/aromatic N) is 1. The van der Waals surface area contributed by atoms with E-state index in [-0.39, 0.29) is 0 Å². The molecule has 2 rings (SSSR count). The Kier molecular flexibility index (Phi) is 3.29. The van der Waals surface area contributed by atoms with Gasteiger partial charge in [0.2, 0.25) is 0 Å². The lowest BCUT2D eigenvalue weighted by Gasteiger charge is -2.30. The lowest BCUT2D eigenvalue weighted by molar-refractivity contribution is -0.138. The van der Waals surface area contributed by atoms with Crippen LogP contribution < -0.4 is 5.32 Å². The Balaban J connectivity index is 2.02. The summed E-state index contributed by atoms with van der Waals surface area (Å²) in [5.74, 6) is -0.379. The van der Waals surface area contributed by atoms with Crippen LogP contribution >= 0.6 is 0 Å². The molecule has 4 heteroatoms. The topological polar surface area (TPSA) is 54.3 Å². The van der Waals surface area contributed by atoms with Gasteiger partial charge in [0.15, 0.2) is 0 Å². The molecule has 0 saturated carbocycles. The van der Waals surface area contributed by atoms with E-state index in [9.17, 15) is 4.79 Å². The van der Waals surface area contributed by atoms with Crippen LogP contribution in [0.5, 0.6) is 0 Å². The molecule has 2 atom stereocenters. The molecule has 1 saturated heterocycles. The largest absolute Gasteiger partial charge is 0.481 e. The van der Waals surface area contributed by atoms with Crippen molar-refractivity contribution in [1.29, 1.82) is 0 Å². The first kappa shape index (κ1) is 11.2. The molecule has 0 amide bonds. The molecule has 0 bridgehead atoms. The third kappa shape index (κ3) is 2.44. The summed E-state index contributed by atoms with van der Waals surface area (Å²) in [5.41, 5.74) is 1.25. The highest BCUT2D eigenvalue weighted by Crippen LogP contribution is 2.29. The quantitative estimate of drug-likeness (QED) is 0.815. The van der Waals surface area contributed by atoms with Gasteiger partial charge >= 0.3 is 5.97 Å². The van der Waals surface area contributed by atoms with Gasteiger partial charge in [0.1, 0.15) is 0 Å². The van der Waals surface area contributed by atoms with Gasteiger partial charge in [0.05, 0.1) is 0 Å². The highest BCUT2D eigenvalue weighted by atomic mass is 16.4. The first-order chi connectivity index (χ1) is 7.66. The van der Waals surface area contributed by atoms with Crippen molar-refractivity contribution < 1.29 is 9.90 Å². The van der Waals surface area contributed by atoms with Crippen LogP contribution in [0.1, 0.15) is 31.0 Å². The summed E-state index contributed by atoms with van der Waals surface area (Å²) in [6, 6.07) is 4.43. The van der Waals surface area contributed by atoms with Crippen molar-refractivity contribution >= 4 is 5.97 Å². The van der Waals surface area contributed by atoms with E-state index >= 15 is 0 Å². The minimum atomic E-state index is -0.683. The number of rotatable bonds is 3. The van der Waals surface area contributed by atoms with Gasteiger partial charge in [-0.3, -0.25) is 4.79 Å². The zero-order valence-electron chi connectivity index (χ0n) is 9.52. The van der Waals surface area contributed by atoms with Gasteiger partial charge in [-0.25, -0.2) is 0 Å². The van der Waals surface area contributed by atoms with E-state index in [2.05, 4.69) is 16.0 Å². The van der Waals surface area contributed by atoms with Crippen LogP contribution in [0.25, 0.3) is 0 Å². The maximum absolute atomic E-state index is 10.7. The number of aliphatic carboxylic acids is 1. The summed E-state index contributed by atoms with van der Waals surface area (Å²) >= 11 is 0. The SMILES string of the molecule is Cn1cccc1C1CC(CC(=O)O)CCN1. The molecule has 88 valence electrons. The van der Waals surface area contributed by atoms with E-state index in [1.807, 2.05) is 19.3 Å². The average molecular weight is 222 g/mol. The number of hydrogen-bond donors (Lipinski definition) is 2. The maximum Gasteiger partial charge on any atom is 0.303 e. The molecule has 0 aliphatic carbocycles. The van der Waals surface area contributed by atoms with Crippen molar-refractivity contribution in [2.75, 3.05) is 6.54 Å². The number of carboxylic acids is 1. The molecule has 1 aromatic rings. The molecular weight excluding hydrogens is 204 g/mol. The highest BCUT2D eigenvalue weighted by Gasteiger charge is 2.25. The summed E-state index contributed by atoms with van der Waals surface area (Å²) < 4.78 is 2.10. The van der Waals surface area contributed by atoms with Crippen molar-refractivity contribution in [3.8, 4) is 0 Å². The second kappa shape index (κ2) is 4.70. The Labute approximate surface area is 95.3 Å². The molecule has 1 aliphatic heterocycles. The molecule has 2 heterocycles. The van der Waals surface area contributed by atoms with Crippen LogP contribution in [-0.4, -0.2) is 22.2 Å². The molecule has 1 aromatic heterocycles. The van der Waals surface area contributed by atoms with Crippen molar-refractivity contribution in [3.63, 3.8) is 0 Å². The van der Waals surface area contributed by atoms with E-state index < -0.39 is 5.97 Å². The smallest absolute Gasteiger partial charge is 0.303 e. The van der Waals surface area contributed by atoms with Crippen molar-refractivity contribution in [2.24, 2.45) is 13.0 Å². The number of carboxylic acid groups (broad SMARTS) is 1. The van der Waals surface area contributed by atoms with Gasteiger partial charge in [0.25, 0.3) is 0 Å². The number of aromatic nitrogens is 1. The summed E-state index contributed by atoms with van der Waals surface area (Å²) in [7, 11) is 2.03. The molecular formula is C12H18N2O2. The van der Waals surface area contributed by atoms with Gasteiger partial charge in [-0.05, 0) is 37.4 Å². The Morgan fingerprint density at radius 1 is 1.69 bits per heavy atom. The molecule has 0 spiro atoms. The molecule has 0 radical (unpaired) electrons. The number of hydrogen-bond acceptors (Lipinski definition) is 2. The van der Waals surface area contributed by atoms with Crippen LogP contribution in [0.3, 0.4) is 0 Å². The van der Waals surface area contributed by atoms with Gasteiger partial charge in [-0.1, -0.05) is 0 Å². The minimum absolute atomic E-state index is 0.294. The summed E-state index contributed by atoms with van der Waals surface area (Å²) in [4.78, 5) is 10.7. The number of nitrogens with one attached hydrogen (secondary N) is 1. The minimum Gasteiger partial charge on any atom is -0.481 e. The van der Waals surface area contributed by atoms with E-state index in [4.69, 9.17) is 5.11 Å². The molecule has 1 fully saturated rings. The second-order valence-corrected chi connectivity index (χ2v) is 4.54.